The van der Waals surface area contributed by atoms with Crippen molar-refractivity contribution < 1.29 is 19.4 Å². The molecule has 4 nitrogen and oxygen atoms in total. The van der Waals surface area contributed by atoms with E-state index in [-0.39, 0.29) is 45.4 Å². The molecule has 3 saturated carbocycles. The number of hydrogen-bond donors (Lipinski definition) is 1. The molecule has 0 aromatic carbocycles. The van der Waals surface area contributed by atoms with Crippen molar-refractivity contribution in [2.24, 2.45) is 45.3 Å². The van der Waals surface area contributed by atoms with Crippen LogP contribution in [0.4, 0.5) is 0 Å². The van der Waals surface area contributed by atoms with Gasteiger partial charge >= 0.3 is 0 Å². The van der Waals surface area contributed by atoms with Gasteiger partial charge in [-0.15, -0.1) is 0 Å². The van der Waals surface area contributed by atoms with Gasteiger partial charge in [-0.1, -0.05) is 46.3 Å². The maximum absolute atomic E-state index is 12.8. The Morgan fingerprint density at radius 1 is 1.03 bits per heavy atom. The van der Waals surface area contributed by atoms with Crippen LogP contribution in [0.3, 0.4) is 0 Å². The molecule has 1 N–H and O–H groups in total. The minimum Gasteiger partial charge on any atom is -0.368 e. The molecular weight excluding hydrogens is 424 g/mol. The number of aliphatic hydroxyl groups is 1. The molecule has 34 heavy (non-hydrogen) atoms. The number of aliphatic hydroxyl groups excluding tert-OH is 1. The summed E-state index contributed by atoms with van der Waals surface area (Å²) in [5, 5.41) is 11.0. The Bertz CT molecular complexity index is 934. The molecule has 6 rings (SSSR count). The van der Waals surface area contributed by atoms with E-state index in [1.54, 1.807) is 5.57 Å². The summed E-state index contributed by atoms with van der Waals surface area (Å²) in [4.78, 5) is 12.8. The number of carbonyl (C=O) groups is 1. The summed E-state index contributed by atoms with van der Waals surface area (Å²) in [5.74, 6) is 2.21. The van der Waals surface area contributed by atoms with E-state index in [1.165, 1.54) is 19.3 Å². The van der Waals surface area contributed by atoms with Crippen LogP contribution in [0.25, 0.3) is 0 Å². The number of epoxide rings is 1. The van der Waals surface area contributed by atoms with Crippen LogP contribution in [0.2, 0.25) is 0 Å². The van der Waals surface area contributed by atoms with Gasteiger partial charge < -0.3 is 14.6 Å². The Morgan fingerprint density at radius 3 is 2.41 bits per heavy atom. The van der Waals surface area contributed by atoms with Crippen LogP contribution in [-0.4, -0.2) is 35.0 Å². The molecule has 4 heteroatoms. The van der Waals surface area contributed by atoms with Crippen LogP contribution in [0.1, 0.15) is 99.8 Å². The number of allylic oxidation sites excluding steroid dienone is 2. The molecule has 0 aromatic rings. The smallest absolute Gasteiger partial charge is 0.158 e. The molecule has 0 aromatic heterocycles. The standard InChI is InChI=1S/C30H46O4/c1-26(2)22-9-8-20-19(29(22,6)13-11-23(26)31)10-12-28(5)15-17(16-30(20,28)7)18-14-21(33-25(18)32)24-27(3,4)34-24/h8,17-19,21-22,24-25,32H,9-16H2,1-7H3. The Kier molecular flexibility index (Phi) is 4.86. The Labute approximate surface area is 206 Å². The van der Waals surface area contributed by atoms with Gasteiger partial charge in [-0.2, -0.15) is 0 Å². The van der Waals surface area contributed by atoms with Crippen LogP contribution in [0.5, 0.6) is 0 Å². The Balaban J connectivity index is 1.28. The second-order valence-corrected chi connectivity index (χ2v) is 14.9. The SMILES string of the molecule is CC1(C)OC1C1CC(C2CC3(C)CCC4C(=CCC5C(C)(C)C(=O)CCC45C)C3(C)C2)C(O)O1. The molecule has 0 amide bonds. The van der Waals surface area contributed by atoms with E-state index in [2.05, 4.69) is 54.5 Å². The number of rotatable bonds is 2. The summed E-state index contributed by atoms with van der Waals surface area (Å²) in [6.45, 7) is 16.2. The van der Waals surface area contributed by atoms with E-state index in [9.17, 15) is 9.90 Å². The van der Waals surface area contributed by atoms with E-state index in [4.69, 9.17) is 9.47 Å². The predicted molar refractivity (Wildman–Crippen MR) is 132 cm³/mol. The first-order valence-corrected chi connectivity index (χ1v) is 14.0. The minimum atomic E-state index is -0.662. The average molecular weight is 471 g/mol. The van der Waals surface area contributed by atoms with E-state index < -0.39 is 6.29 Å². The van der Waals surface area contributed by atoms with Gasteiger partial charge in [0, 0.05) is 17.8 Å². The Hall–Kier alpha value is -0.710. The highest BCUT2D eigenvalue weighted by Crippen LogP contribution is 2.72. The lowest BCUT2D eigenvalue weighted by molar-refractivity contribution is -0.145. The topological polar surface area (TPSA) is 59.1 Å². The fraction of sp³-hybridized carbons (Fsp3) is 0.900. The molecule has 0 radical (unpaired) electrons. The van der Waals surface area contributed by atoms with Gasteiger partial charge in [-0.05, 0) is 92.8 Å². The van der Waals surface area contributed by atoms with E-state index >= 15 is 0 Å². The molecule has 5 fully saturated rings. The molecule has 2 heterocycles. The van der Waals surface area contributed by atoms with Gasteiger partial charge in [0.05, 0.1) is 11.7 Å². The van der Waals surface area contributed by atoms with Crippen molar-refractivity contribution in [1.82, 2.24) is 0 Å². The first-order chi connectivity index (χ1) is 15.7. The zero-order chi connectivity index (χ0) is 24.5. The van der Waals surface area contributed by atoms with Crippen LogP contribution in [0, 0.1) is 45.3 Å². The average Bonchev–Trinajstić information content (AvgIpc) is 3.07. The molecule has 0 spiro atoms. The summed E-state index contributed by atoms with van der Waals surface area (Å²) in [6.07, 6.45) is 10.7. The van der Waals surface area contributed by atoms with Crippen LogP contribution >= 0.6 is 0 Å². The van der Waals surface area contributed by atoms with Crippen molar-refractivity contribution in [2.45, 2.75) is 124 Å². The first-order valence-electron chi connectivity index (χ1n) is 14.0. The van der Waals surface area contributed by atoms with E-state index in [0.29, 0.717) is 23.5 Å². The number of fused-ring (bicyclic) bond motifs is 5. The number of ether oxygens (including phenoxy) is 2. The van der Waals surface area contributed by atoms with Crippen LogP contribution in [-0.2, 0) is 14.3 Å². The number of Topliss-reactive ketones (excluding diaryl/α,β-unsaturated/α-hetero) is 1. The predicted octanol–water partition coefficient (Wildman–Crippen LogP) is 6.06. The normalized spacial score (nSPS) is 55.2. The third kappa shape index (κ3) is 2.97. The maximum atomic E-state index is 12.8. The molecule has 2 aliphatic heterocycles. The fourth-order valence-electron chi connectivity index (χ4n) is 10.1. The molecule has 2 saturated heterocycles. The highest BCUT2D eigenvalue weighted by Gasteiger charge is 2.66. The molecule has 10 unspecified atom stereocenters. The molecule has 190 valence electrons. The van der Waals surface area contributed by atoms with Gasteiger partial charge in [-0.25, -0.2) is 0 Å². The number of ketones is 1. The fourth-order valence-corrected chi connectivity index (χ4v) is 10.1. The van der Waals surface area contributed by atoms with Crippen molar-refractivity contribution in [3.05, 3.63) is 11.6 Å². The third-order valence-electron chi connectivity index (χ3n) is 12.5. The zero-order valence-electron chi connectivity index (χ0n) is 22.4. The monoisotopic (exact) mass is 470 g/mol. The second kappa shape index (κ2) is 6.98. The first kappa shape index (κ1) is 23.7. The molecule has 0 bridgehead atoms. The molecule has 10 atom stereocenters. The maximum Gasteiger partial charge on any atom is 0.158 e. The Morgan fingerprint density at radius 2 is 1.74 bits per heavy atom. The number of hydrogen-bond acceptors (Lipinski definition) is 4. The lowest BCUT2D eigenvalue weighted by Crippen LogP contribution is -2.56. The summed E-state index contributed by atoms with van der Waals surface area (Å²) in [5.41, 5.74) is 2.05. The summed E-state index contributed by atoms with van der Waals surface area (Å²) >= 11 is 0. The van der Waals surface area contributed by atoms with Crippen LogP contribution in [0.15, 0.2) is 11.6 Å². The molecule has 4 aliphatic carbocycles. The quantitative estimate of drug-likeness (QED) is 0.393. The van der Waals surface area contributed by atoms with Gasteiger partial charge in [0.2, 0.25) is 0 Å². The van der Waals surface area contributed by atoms with E-state index in [1.807, 2.05) is 0 Å². The van der Waals surface area contributed by atoms with Crippen molar-refractivity contribution in [1.29, 1.82) is 0 Å². The van der Waals surface area contributed by atoms with Crippen molar-refractivity contribution >= 4 is 5.78 Å². The van der Waals surface area contributed by atoms with Crippen molar-refractivity contribution in [3.63, 3.8) is 0 Å². The highest BCUT2D eigenvalue weighted by molar-refractivity contribution is 5.85. The largest absolute Gasteiger partial charge is 0.368 e. The molecule has 6 aliphatic rings. The van der Waals surface area contributed by atoms with Crippen molar-refractivity contribution in [3.8, 4) is 0 Å². The summed E-state index contributed by atoms with van der Waals surface area (Å²) < 4.78 is 11.9. The van der Waals surface area contributed by atoms with Gasteiger partial charge in [0.25, 0.3) is 0 Å². The van der Waals surface area contributed by atoms with Gasteiger partial charge in [-0.3, -0.25) is 4.79 Å². The summed E-state index contributed by atoms with van der Waals surface area (Å²) in [6, 6.07) is 0. The third-order valence-corrected chi connectivity index (χ3v) is 12.5. The zero-order valence-corrected chi connectivity index (χ0v) is 22.4. The van der Waals surface area contributed by atoms with Crippen LogP contribution < -0.4 is 0 Å². The van der Waals surface area contributed by atoms with Gasteiger partial charge in [0.1, 0.15) is 11.9 Å². The van der Waals surface area contributed by atoms with E-state index in [0.717, 1.165) is 32.1 Å². The highest BCUT2D eigenvalue weighted by atomic mass is 16.7. The second-order valence-electron chi connectivity index (χ2n) is 14.9. The summed E-state index contributed by atoms with van der Waals surface area (Å²) in [7, 11) is 0. The van der Waals surface area contributed by atoms with Gasteiger partial charge in [0.15, 0.2) is 6.29 Å². The minimum absolute atomic E-state index is 0.0292. The molecular formula is C30H46O4. The number of carbonyl (C=O) groups excluding carboxylic acids is 1. The van der Waals surface area contributed by atoms with Crippen molar-refractivity contribution in [2.75, 3.05) is 0 Å². The lowest BCUT2D eigenvalue weighted by Gasteiger charge is -2.62. The lowest BCUT2D eigenvalue weighted by atomic mass is 9.42.